The van der Waals surface area contributed by atoms with Crippen molar-refractivity contribution in [3.8, 4) is 11.8 Å². The minimum Gasteiger partial charge on any atom is -0.447 e. The topological polar surface area (TPSA) is 13.1 Å². The molecule has 1 heterocycles. The molecule has 15 heavy (non-hydrogen) atoms. The molecular weight excluding hydrogens is 184 g/mol. The quantitative estimate of drug-likeness (QED) is 0.461. The number of rotatable bonds is 0. The van der Waals surface area contributed by atoms with Gasteiger partial charge < -0.3 is 4.42 Å². The third kappa shape index (κ3) is 1.21. The molecule has 0 spiro atoms. The zero-order chi connectivity index (χ0) is 10.3. The van der Waals surface area contributed by atoms with Crippen molar-refractivity contribution in [3.63, 3.8) is 0 Å². The predicted octanol–water partition coefficient (Wildman–Crippen LogP) is 3.27. The zero-order valence-corrected chi connectivity index (χ0v) is 8.29. The third-order valence-corrected chi connectivity index (χ3v) is 2.45. The largest absolute Gasteiger partial charge is 0.447 e. The Bertz CT molecular complexity index is 668. The maximum absolute atomic E-state index is 5.69. The molecule has 0 bridgehead atoms. The van der Waals surface area contributed by atoms with Crippen molar-refractivity contribution >= 4 is 17.0 Å². The molecule has 70 valence electrons. The summed E-state index contributed by atoms with van der Waals surface area (Å²) in [4.78, 5) is 0. The summed E-state index contributed by atoms with van der Waals surface area (Å²) in [6, 6.07) is 6.18. The van der Waals surface area contributed by atoms with E-state index in [2.05, 4.69) is 36.6 Å². The van der Waals surface area contributed by atoms with Gasteiger partial charge in [-0.25, -0.2) is 0 Å². The third-order valence-electron chi connectivity index (χ3n) is 2.45. The van der Waals surface area contributed by atoms with E-state index in [-0.39, 0.29) is 0 Å². The molecule has 1 nitrogen and oxygen atoms in total. The van der Waals surface area contributed by atoms with Gasteiger partial charge >= 0.3 is 0 Å². The Morgan fingerprint density at radius 3 is 3.13 bits per heavy atom. The second-order valence-electron chi connectivity index (χ2n) is 3.57. The van der Waals surface area contributed by atoms with E-state index in [0.717, 1.165) is 22.3 Å². The van der Waals surface area contributed by atoms with Gasteiger partial charge in [0.15, 0.2) is 5.76 Å². The average molecular weight is 192 g/mol. The fraction of sp³-hybridized carbons (Fsp3) is 0.0714. The van der Waals surface area contributed by atoms with Crippen LogP contribution in [0, 0.1) is 18.8 Å². The van der Waals surface area contributed by atoms with Crippen LogP contribution in [0.1, 0.15) is 16.9 Å². The number of allylic oxidation sites excluding steroid dienone is 1. The number of aryl methyl sites for hydroxylation is 1. The molecule has 0 unspecified atom stereocenters. The maximum Gasteiger partial charge on any atom is 0.186 e. The van der Waals surface area contributed by atoms with Gasteiger partial charge in [-0.05, 0) is 30.6 Å². The molecule has 0 saturated carbocycles. The van der Waals surface area contributed by atoms with Crippen LogP contribution in [0.4, 0.5) is 0 Å². The van der Waals surface area contributed by atoms with Crippen LogP contribution < -0.4 is 0 Å². The predicted molar refractivity (Wildman–Crippen MR) is 60.4 cm³/mol. The van der Waals surface area contributed by atoms with Gasteiger partial charge in [0.25, 0.3) is 0 Å². The first-order valence-corrected chi connectivity index (χ1v) is 4.80. The van der Waals surface area contributed by atoms with Crippen LogP contribution in [0.2, 0.25) is 0 Å². The molecule has 1 aliphatic rings. The van der Waals surface area contributed by atoms with E-state index < -0.39 is 0 Å². The lowest BCUT2D eigenvalue weighted by atomic mass is 10.1. The molecule has 0 radical (unpaired) electrons. The van der Waals surface area contributed by atoms with Crippen LogP contribution in [-0.2, 0) is 0 Å². The summed E-state index contributed by atoms with van der Waals surface area (Å²) >= 11 is 0. The van der Waals surface area contributed by atoms with E-state index >= 15 is 0 Å². The minimum atomic E-state index is 0.733. The van der Waals surface area contributed by atoms with Crippen molar-refractivity contribution in [1.29, 1.82) is 0 Å². The average Bonchev–Trinajstić information content (AvgIpc) is 2.42. The normalized spacial score (nSPS) is 12.1. The van der Waals surface area contributed by atoms with Crippen LogP contribution in [0.3, 0.4) is 0 Å². The van der Waals surface area contributed by atoms with Gasteiger partial charge in [-0.1, -0.05) is 18.1 Å². The molecule has 2 aromatic rings. The first-order chi connectivity index (χ1) is 7.34. The van der Waals surface area contributed by atoms with Crippen LogP contribution >= 0.6 is 0 Å². The molecule has 0 amide bonds. The Morgan fingerprint density at radius 2 is 2.20 bits per heavy atom. The number of fused-ring (bicyclic) bond motifs is 3. The van der Waals surface area contributed by atoms with Crippen LogP contribution in [0.5, 0.6) is 0 Å². The van der Waals surface area contributed by atoms with E-state index in [1.54, 1.807) is 6.08 Å². The highest BCUT2D eigenvalue weighted by molar-refractivity contribution is 5.90. The fourth-order valence-electron chi connectivity index (χ4n) is 1.73. The van der Waals surface area contributed by atoms with Crippen molar-refractivity contribution < 1.29 is 4.42 Å². The fourth-order valence-corrected chi connectivity index (χ4v) is 1.73. The maximum atomic E-state index is 5.69. The number of hydrogen-bond donors (Lipinski definition) is 0. The smallest absolute Gasteiger partial charge is 0.186 e. The molecule has 0 saturated heterocycles. The first kappa shape index (κ1) is 8.17. The Kier molecular flexibility index (Phi) is 1.59. The molecule has 0 aliphatic heterocycles. The molecule has 0 fully saturated rings. The molecule has 1 aliphatic carbocycles. The Morgan fingerprint density at radius 1 is 1.27 bits per heavy atom. The number of hydrogen-bond acceptors (Lipinski definition) is 1. The molecule has 1 heteroatoms. The Labute approximate surface area is 87.7 Å². The van der Waals surface area contributed by atoms with Gasteiger partial charge in [0.1, 0.15) is 5.58 Å². The van der Waals surface area contributed by atoms with Crippen molar-refractivity contribution in [2.75, 3.05) is 0 Å². The number of benzene rings is 1. The number of furan rings is 1. The highest BCUT2D eigenvalue weighted by atomic mass is 16.3. The summed E-state index contributed by atoms with van der Waals surface area (Å²) in [5.41, 5.74) is 6.14. The monoisotopic (exact) mass is 192 g/mol. The lowest BCUT2D eigenvalue weighted by Gasteiger charge is -1.91. The van der Waals surface area contributed by atoms with Gasteiger partial charge in [0, 0.05) is 17.0 Å². The van der Waals surface area contributed by atoms with Crippen molar-refractivity contribution in [2.45, 2.75) is 6.92 Å². The van der Waals surface area contributed by atoms with Gasteiger partial charge in [0.05, 0.1) is 0 Å². The van der Waals surface area contributed by atoms with E-state index in [1.807, 2.05) is 12.1 Å². The van der Waals surface area contributed by atoms with Gasteiger partial charge in [0.2, 0.25) is 0 Å². The zero-order valence-electron chi connectivity index (χ0n) is 8.29. The van der Waals surface area contributed by atoms with Crippen LogP contribution in [0.15, 0.2) is 34.4 Å². The summed E-state index contributed by atoms with van der Waals surface area (Å²) in [5, 5.41) is 1.10. The van der Waals surface area contributed by atoms with E-state index in [1.165, 1.54) is 5.56 Å². The molecule has 3 rings (SSSR count). The molecule has 0 N–H and O–H groups in total. The molecule has 0 atom stereocenters. The van der Waals surface area contributed by atoms with Crippen LogP contribution in [-0.4, -0.2) is 0 Å². The van der Waals surface area contributed by atoms with Gasteiger partial charge in [-0.2, -0.15) is 0 Å². The lowest BCUT2D eigenvalue weighted by Crippen LogP contribution is -1.73. The standard InChI is InChI=1S/C14H8O/c1-10-7-8-12-11-5-3-2-4-6-13(11)15-14(12)9-10/h2,5,7-9H,1H3. The Balaban J connectivity index is 2.46. The summed E-state index contributed by atoms with van der Waals surface area (Å²) in [5.74, 6) is 6.57. The summed E-state index contributed by atoms with van der Waals surface area (Å²) < 4.78 is 5.69. The second kappa shape index (κ2) is 2.92. The summed E-state index contributed by atoms with van der Waals surface area (Å²) in [6.45, 7) is 2.05. The van der Waals surface area contributed by atoms with Gasteiger partial charge in [-0.3, -0.25) is 0 Å². The summed E-state index contributed by atoms with van der Waals surface area (Å²) in [7, 11) is 0. The highest BCUT2D eigenvalue weighted by Gasteiger charge is 2.10. The lowest BCUT2D eigenvalue weighted by molar-refractivity contribution is 0.600. The van der Waals surface area contributed by atoms with Crippen molar-refractivity contribution in [2.24, 2.45) is 0 Å². The SMILES string of the molecule is Cc1ccc2c3c(oc2c1)C#CC=C=C3. The first-order valence-electron chi connectivity index (χ1n) is 4.80. The summed E-state index contributed by atoms with van der Waals surface area (Å²) in [6.07, 6.45) is 3.61. The van der Waals surface area contributed by atoms with Crippen molar-refractivity contribution in [3.05, 3.63) is 46.9 Å². The van der Waals surface area contributed by atoms with Crippen LogP contribution in [0.25, 0.3) is 17.0 Å². The highest BCUT2D eigenvalue weighted by Crippen LogP contribution is 2.27. The minimum absolute atomic E-state index is 0.733. The van der Waals surface area contributed by atoms with Gasteiger partial charge in [-0.15, -0.1) is 5.73 Å². The molecule has 1 aromatic carbocycles. The van der Waals surface area contributed by atoms with Crippen molar-refractivity contribution in [1.82, 2.24) is 0 Å². The molecule has 1 aromatic heterocycles. The molecular formula is C14H8O. The van der Waals surface area contributed by atoms with E-state index in [9.17, 15) is 0 Å². The second-order valence-corrected chi connectivity index (χ2v) is 3.57. The van der Waals surface area contributed by atoms with E-state index in [4.69, 9.17) is 4.42 Å². The van der Waals surface area contributed by atoms with E-state index in [0.29, 0.717) is 0 Å². The Hall–Kier alpha value is -2.16.